The molecule has 0 saturated carbocycles. The summed E-state index contributed by atoms with van der Waals surface area (Å²) in [6.45, 7) is 11.6. The van der Waals surface area contributed by atoms with Gasteiger partial charge in [-0.2, -0.15) is 0 Å². The van der Waals surface area contributed by atoms with Crippen LogP contribution in [0.4, 0.5) is 0 Å². The highest BCUT2D eigenvalue weighted by molar-refractivity contribution is 5.69. The van der Waals surface area contributed by atoms with Crippen molar-refractivity contribution < 1.29 is 0 Å². The van der Waals surface area contributed by atoms with Crippen LogP contribution in [0.2, 0.25) is 0 Å². The van der Waals surface area contributed by atoms with E-state index in [1.54, 1.807) is 16.7 Å². The molecule has 22 heavy (non-hydrogen) atoms. The number of hydrogen-bond acceptors (Lipinski definition) is 0. The summed E-state index contributed by atoms with van der Waals surface area (Å²) < 4.78 is 0. The van der Waals surface area contributed by atoms with E-state index in [0.29, 0.717) is 0 Å². The molecule has 3 rings (SSSR count). The molecule has 0 spiro atoms. The van der Waals surface area contributed by atoms with Crippen molar-refractivity contribution in [2.24, 2.45) is 0 Å². The standard InChI is InChI=1S/C22H26/c1-6-15(2)20-14-19-16(3)12-18(13-21(19)22(20,4)5)17-10-8-7-9-11-17/h7-13H,6,14H2,1-5H3/b20-15+. The van der Waals surface area contributed by atoms with Crippen LogP contribution in [-0.4, -0.2) is 0 Å². The number of allylic oxidation sites excluding steroid dienone is 2. The first-order valence-electron chi connectivity index (χ1n) is 8.33. The van der Waals surface area contributed by atoms with E-state index >= 15 is 0 Å². The molecule has 0 fully saturated rings. The van der Waals surface area contributed by atoms with Crippen molar-refractivity contribution in [3.05, 3.63) is 70.3 Å². The fraction of sp³-hybridized carbons (Fsp3) is 0.364. The molecular formula is C22H26. The van der Waals surface area contributed by atoms with E-state index in [-0.39, 0.29) is 5.41 Å². The molecule has 0 amide bonds. The fourth-order valence-electron chi connectivity index (χ4n) is 3.86. The number of rotatable bonds is 2. The minimum Gasteiger partial charge on any atom is -0.0732 e. The monoisotopic (exact) mass is 290 g/mol. The van der Waals surface area contributed by atoms with Gasteiger partial charge >= 0.3 is 0 Å². The van der Waals surface area contributed by atoms with Crippen LogP contribution < -0.4 is 0 Å². The average molecular weight is 290 g/mol. The van der Waals surface area contributed by atoms with Gasteiger partial charge in [0, 0.05) is 5.41 Å². The summed E-state index contributed by atoms with van der Waals surface area (Å²) in [5.41, 5.74) is 10.5. The molecule has 1 aliphatic rings. The van der Waals surface area contributed by atoms with Crippen molar-refractivity contribution >= 4 is 0 Å². The van der Waals surface area contributed by atoms with E-state index in [9.17, 15) is 0 Å². The topological polar surface area (TPSA) is 0 Å². The largest absolute Gasteiger partial charge is 0.0732 e. The van der Waals surface area contributed by atoms with Gasteiger partial charge in [0.1, 0.15) is 0 Å². The normalized spacial score (nSPS) is 18.2. The van der Waals surface area contributed by atoms with Crippen LogP contribution in [0.25, 0.3) is 11.1 Å². The second-order valence-electron chi connectivity index (χ2n) is 7.10. The number of benzene rings is 2. The molecule has 0 N–H and O–H groups in total. The lowest BCUT2D eigenvalue weighted by Crippen LogP contribution is -2.17. The third kappa shape index (κ3) is 2.31. The van der Waals surface area contributed by atoms with Gasteiger partial charge in [0.15, 0.2) is 0 Å². The second kappa shape index (κ2) is 5.43. The molecule has 2 aromatic rings. The van der Waals surface area contributed by atoms with Crippen LogP contribution in [0, 0.1) is 6.92 Å². The molecule has 2 aromatic carbocycles. The lowest BCUT2D eigenvalue weighted by atomic mass is 9.79. The quantitative estimate of drug-likeness (QED) is 0.576. The van der Waals surface area contributed by atoms with Gasteiger partial charge in [0.05, 0.1) is 0 Å². The predicted octanol–water partition coefficient (Wildman–Crippen LogP) is 6.22. The van der Waals surface area contributed by atoms with E-state index in [1.807, 2.05) is 0 Å². The Balaban J connectivity index is 2.18. The van der Waals surface area contributed by atoms with Gasteiger partial charge in [0.25, 0.3) is 0 Å². The van der Waals surface area contributed by atoms with Crippen LogP contribution in [-0.2, 0) is 11.8 Å². The molecule has 0 bridgehead atoms. The third-order valence-corrected chi connectivity index (χ3v) is 5.41. The number of aryl methyl sites for hydroxylation is 1. The Morgan fingerprint density at radius 3 is 2.36 bits per heavy atom. The molecule has 0 saturated heterocycles. The van der Waals surface area contributed by atoms with Crippen molar-refractivity contribution in [1.29, 1.82) is 0 Å². The van der Waals surface area contributed by atoms with Crippen molar-refractivity contribution in [2.45, 2.75) is 52.9 Å². The van der Waals surface area contributed by atoms with Crippen LogP contribution >= 0.6 is 0 Å². The summed E-state index contributed by atoms with van der Waals surface area (Å²) in [6, 6.07) is 15.5. The second-order valence-corrected chi connectivity index (χ2v) is 7.10. The Hall–Kier alpha value is -1.82. The van der Waals surface area contributed by atoms with Gasteiger partial charge in [-0.25, -0.2) is 0 Å². The maximum atomic E-state index is 2.42. The maximum absolute atomic E-state index is 2.42. The molecule has 1 aliphatic carbocycles. The van der Waals surface area contributed by atoms with Crippen LogP contribution in [0.15, 0.2) is 53.6 Å². The van der Waals surface area contributed by atoms with Crippen molar-refractivity contribution in [3.8, 4) is 11.1 Å². The zero-order valence-corrected chi connectivity index (χ0v) is 14.5. The number of fused-ring (bicyclic) bond motifs is 1. The van der Waals surface area contributed by atoms with Crippen LogP contribution in [0.1, 0.15) is 50.8 Å². The first-order chi connectivity index (χ1) is 10.4. The molecule has 0 atom stereocenters. The molecule has 0 unspecified atom stereocenters. The molecule has 0 aliphatic heterocycles. The molecular weight excluding hydrogens is 264 g/mol. The first kappa shape index (κ1) is 15.1. The molecule has 0 heteroatoms. The van der Waals surface area contributed by atoms with E-state index in [0.717, 1.165) is 12.8 Å². The number of hydrogen-bond donors (Lipinski definition) is 0. The highest BCUT2D eigenvalue weighted by atomic mass is 14.4. The summed E-state index contributed by atoms with van der Waals surface area (Å²) in [5, 5.41) is 0. The first-order valence-corrected chi connectivity index (χ1v) is 8.33. The van der Waals surface area contributed by atoms with Gasteiger partial charge in [-0.1, -0.05) is 68.3 Å². The van der Waals surface area contributed by atoms with Crippen molar-refractivity contribution in [1.82, 2.24) is 0 Å². The van der Waals surface area contributed by atoms with E-state index in [1.165, 1.54) is 22.3 Å². The SMILES string of the molecule is CC/C(C)=C1\Cc2c(C)cc(-c3ccccc3)cc2C1(C)C. The lowest BCUT2D eigenvalue weighted by Gasteiger charge is -2.25. The average Bonchev–Trinajstić information content (AvgIpc) is 2.79. The fourth-order valence-corrected chi connectivity index (χ4v) is 3.86. The van der Waals surface area contributed by atoms with Crippen molar-refractivity contribution in [2.75, 3.05) is 0 Å². The highest BCUT2D eigenvalue weighted by Gasteiger charge is 2.36. The molecule has 0 aromatic heterocycles. The Labute approximate surface area is 134 Å². The predicted molar refractivity (Wildman–Crippen MR) is 96.3 cm³/mol. The zero-order chi connectivity index (χ0) is 15.9. The zero-order valence-electron chi connectivity index (χ0n) is 14.5. The van der Waals surface area contributed by atoms with Crippen LogP contribution in [0.5, 0.6) is 0 Å². The van der Waals surface area contributed by atoms with Crippen molar-refractivity contribution in [3.63, 3.8) is 0 Å². The Bertz CT molecular complexity index is 730. The smallest absolute Gasteiger partial charge is 0.0114 e. The van der Waals surface area contributed by atoms with E-state index in [4.69, 9.17) is 0 Å². The summed E-state index contributed by atoms with van der Waals surface area (Å²) in [6.07, 6.45) is 2.28. The summed E-state index contributed by atoms with van der Waals surface area (Å²) >= 11 is 0. The minimum atomic E-state index is 0.158. The lowest BCUT2D eigenvalue weighted by molar-refractivity contribution is 0.632. The maximum Gasteiger partial charge on any atom is 0.0114 e. The summed E-state index contributed by atoms with van der Waals surface area (Å²) in [5.74, 6) is 0. The summed E-state index contributed by atoms with van der Waals surface area (Å²) in [7, 11) is 0. The van der Waals surface area contributed by atoms with Crippen LogP contribution in [0.3, 0.4) is 0 Å². The highest BCUT2D eigenvalue weighted by Crippen LogP contribution is 2.46. The van der Waals surface area contributed by atoms with Gasteiger partial charge in [-0.3, -0.25) is 0 Å². The molecule has 0 nitrogen and oxygen atoms in total. The van der Waals surface area contributed by atoms with Gasteiger partial charge < -0.3 is 0 Å². The Morgan fingerprint density at radius 1 is 1.05 bits per heavy atom. The molecule has 0 heterocycles. The van der Waals surface area contributed by atoms with E-state index in [2.05, 4.69) is 77.1 Å². The minimum absolute atomic E-state index is 0.158. The van der Waals surface area contributed by atoms with E-state index < -0.39 is 0 Å². The summed E-state index contributed by atoms with van der Waals surface area (Å²) in [4.78, 5) is 0. The van der Waals surface area contributed by atoms with Gasteiger partial charge in [0.2, 0.25) is 0 Å². The Kier molecular flexibility index (Phi) is 3.72. The molecule has 114 valence electrons. The van der Waals surface area contributed by atoms with Gasteiger partial charge in [-0.15, -0.1) is 0 Å². The molecule has 0 radical (unpaired) electrons. The Morgan fingerprint density at radius 2 is 1.73 bits per heavy atom. The third-order valence-electron chi connectivity index (χ3n) is 5.41. The van der Waals surface area contributed by atoms with Gasteiger partial charge in [-0.05, 0) is 60.6 Å².